The molecule has 1 heterocycles. The number of hydrogen-bond acceptors (Lipinski definition) is 5. The number of aromatic hydroxyl groups is 1. The van der Waals surface area contributed by atoms with Gasteiger partial charge < -0.3 is 9.52 Å². The van der Waals surface area contributed by atoms with Gasteiger partial charge in [-0.1, -0.05) is 54.6 Å². The Morgan fingerprint density at radius 3 is 2.21 bits per heavy atom. The molecule has 5 aromatic rings. The summed E-state index contributed by atoms with van der Waals surface area (Å²) in [7, 11) is 0. The van der Waals surface area contributed by atoms with Gasteiger partial charge in [0.2, 0.25) is 11.8 Å². The maximum absolute atomic E-state index is 13.4. The van der Waals surface area contributed by atoms with Crippen LogP contribution in [0.25, 0.3) is 33.8 Å². The predicted octanol–water partition coefficient (Wildman–Crippen LogP) is 7.94. The Labute approximate surface area is 221 Å². The molecule has 5 rings (SSSR count). The summed E-state index contributed by atoms with van der Waals surface area (Å²) in [5.41, 5.74) is 1.25. The summed E-state index contributed by atoms with van der Waals surface area (Å²) < 4.78 is 45.2. The molecule has 0 aliphatic heterocycles. The molecule has 4 aromatic carbocycles. The van der Waals surface area contributed by atoms with E-state index in [4.69, 9.17) is 4.42 Å². The molecule has 1 aromatic heterocycles. The second-order valence-corrected chi connectivity index (χ2v) is 8.86. The molecule has 0 saturated carbocycles. The van der Waals surface area contributed by atoms with Gasteiger partial charge in [0.1, 0.15) is 11.4 Å². The number of oxazole rings is 1. The van der Waals surface area contributed by atoms with Crippen LogP contribution in [0.15, 0.2) is 106 Å². The summed E-state index contributed by atoms with van der Waals surface area (Å²) in [4.78, 5) is 18.8. The van der Waals surface area contributed by atoms with Crippen LogP contribution < -0.4 is 5.32 Å². The number of anilines is 1. The van der Waals surface area contributed by atoms with Crippen molar-refractivity contribution in [3.63, 3.8) is 0 Å². The molecule has 38 heavy (non-hydrogen) atoms. The van der Waals surface area contributed by atoms with Crippen LogP contribution in [0.3, 0.4) is 0 Å². The van der Waals surface area contributed by atoms with Gasteiger partial charge >= 0.3 is 6.18 Å². The van der Waals surface area contributed by atoms with Gasteiger partial charge in [0, 0.05) is 27.1 Å². The Morgan fingerprint density at radius 1 is 0.842 bits per heavy atom. The van der Waals surface area contributed by atoms with E-state index in [1.165, 1.54) is 6.07 Å². The van der Waals surface area contributed by atoms with E-state index in [-0.39, 0.29) is 28.5 Å². The molecule has 9 heteroatoms. The van der Waals surface area contributed by atoms with Crippen LogP contribution in [-0.4, -0.2) is 16.0 Å². The monoisotopic (exact) mass is 532 g/mol. The van der Waals surface area contributed by atoms with Crippen LogP contribution in [0.5, 0.6) is 5.75 Å². The number of phenolic OH excluding ortho intramolecular Hbond substituents is 1. The molecule has 0 radical (unpaired) electrons. The van der Waals surface area contributed by atoms with Gasteiger partial charge in [-0.25, -0.2) is 4.98 Å². The van der Waals surface area contributed by atoms with Crippen molar-refractivity contribution in [3.8, 4) is 39.6 Å². The van der Waals surface area contributed by atoms with Crippen molar-refractivity contribution < 1.29 is 27.5 Å². The molecular weight excluding hydrogens is 513 g/mol. The third kappa shape index (κ3) is 5.14. The molecule has 1 amide bonds. The third-order valence-corrected chi connectivity index (χ3v) is 6.10. The van der Waals surface area contributed by atoms with Crippen LogP contribution in [-0.2, 0) is 6.18 Å². The maximum Gasteiger partial charge on any atom is 0.416 e. The number of rotatable bonds is 5. The number of thiol groups is 1. The molecule has 2 N–H and O–H groups in total. The van der Waals surface area contributed by atoms with E-state index in [0.29, 0.717) is 22.9 Å². The zero-order valence-corrected chi connectivity index (χ0v) is 20.4. The lowest BCUT2D eigenvalue weighted by molar-refractivity contribution is -0.137. The molecule has 5 nitrogen and oxygen atoms in total. The summed E-state index contributed by atoms with van der Waals surface area (Å²) in [6, 6.07) is 25.2. The first-order valence-electron chi connectivity index (χ1n) is 11.4. The fourth-order valence-corrected chi connectivity index (χ4v) is 4.10. The van der Waals surface area contributed by atoms with Gasteiger partial charge in [0.15, 0.2) is 0 Å². The van der Waals surface area contributed by atoms with Crippen molar-refractivity contribution in [2.24, 2.45) is 0 Å². The Kier molecular flexibility index (Phi) is 6.69. The number of aromatic nitrogens is 1. The smallest absolute Gasteiger partial charge is 0.416 e. The second kappa shape index (κ2) is 10.1. The maximum atomic E-state index is 13.4. The van der Waals surface area contributed by atoms with E-state index < -0.39 is 23.4 Å². The van der Waals surface area contributed by atoms with Gasteiger partial charge in [0.05, 0.1) is 5.56 Å². The van der Waals surface area contributed by atoms with Gasteiger partial charge in [-0.15, -0.1) is 12.6 Å². The fraction of sp³-hybridized carbons (Fsp3) is 0.0345. The summed E-state index contributed by atoms with van der Waals surface area (Å²) in [6.07, 6.45) is -4.61. The van der Waals surface area contributed by atoms with Crippen LogP contribution >= 0.6 is 12.6 Å². The number of nitrogens with one attached hydrogen (secondary N) is 1. The minimum absolute atomic E-state index is 0.0807. The standard InChI is InChI=1S/C29H19F3N2O3S/c30-29(31,32)19-12-15-22(24(35)16-19)21-8-4-5-9-23(21)26(36)34-28-25(17-6-2-1-3-7-17)33-27(37-28)18-10-13-20(38)14-11-18/h1-16,35,38H,(H,34,36). The van der Waals surface area contributed by atoms with E-state index >= 15 is 0 Å². The Morgan fingerprint density at radius 2 is 1.53 bits per heavy atom. The van der Waals surface area contributed by atoms with E-state index in [2.05, 4.69) is 22.9 Å². The first kappa shape index (κ1) is 25.2. The highest BCUT2D eigenvalue weighted by molar-refractivity contribution is 7.80. The topological polar surface area (TPSA) is 75.4 Å². The quantitative estimate of drug-likeness (QED) is 0.201. The van der Waals surface area contributed by atoms with Crippen molar-refractivity contribution in [1.82, 2.24) is 4.98 Å². The molecule has 0 saturated heterocycles. The number of phenols is 1. The summed E-state index contributed by atoms with van der Waals surface area (Å²) in [5, 5.41) is 13.1. The molecule has 0 aliphatic rings. The third-order valence-electron chi connectivity index (χ3n) is 5.80. The SMILES string of the molecule is O=C(Nc1oc(-c2ccc(S)cc2)nc1-c1ccccc1)c1ccccc1-c1ccc(C(F)(F)F)cc1O. The fourth-order valence-electron chi connectivity index (χ4n) is 3.95. The molecule has 0 fully saturated rings. The zero-order valence-electron chi connectivity index (χ0n) is 19.5. The molecule has 0 spiro atoms. The van der Waals surface area contributed by atoms with Crippen molar-refractivity contribution in [2.75, 3.05) is 5.32 Å². The predicted molar refractivity (Wildman–Crippen MR) is 141 cm³/mol. The first-order valence-corrected chi connectivity index (χ1v) is 11.8. The Bertz CT molecular complexity index is 1610. The molecule has 0 unspecified atom stereocenters. The number of carbonyl (C=O) groups excluding carboxylic acids is 1. The van der Waals surface area contributed by atoms with Crippen molar-refractivity contribution in [3.05, 3.63) is 108 Å². The Hall–Kier alpha value is -4.50. The lowest BCUT2D eigenvalue weighted by Crippen LogP contribution is -2.13. The largest absolute Gasteiger partial charge is 0.507 e. The number of alkyl halides is 3. The van der Waals surface area contributed by atoms with Gasteiger partial charge in [-0.3, -0.25) is 10.1 Å². The van der Waals surface area contributed by atoms with Gasteiger partial charge in [-0.2, -0.15) is 13.2 Å². The average Bonchev–Trinajstić information content (AvgIpc) is 3.32. The molecule has 0 atom stereocenters. The molecule has 0 aliphatic carbocycles. The average molecular weight is 533 g/mol. The van der Waals surface area contributed by atoms with E-state index in [1.54, 1.807) is 42.5 Å². The molecular formula is C29H19F3N2O3S. The summed E-state index contributed by atoms with van der Waals surface area (Å²) >= 11 is 4.30. The number of nitrogens with zero attached hydrogens (tertiary/aromatic N) is 1. The molecule has 0 bridgehead atoms. The Balaban J connectivity index is 1.53. The highest BCUT2D eigenvalue weighted by Gasteiger charge is 2.31. The normalized spacial score (nSPS) is 11.4. The van der Waals surface area contributed by atoms with Gasteiger partial charge in [0.25, 0.3) is 5.91 Å². The second-order valence-electron chi connectivity index (χ2n) is 8.34. The van der Waals surface area contributed by atoms with Gasteiger partial charge in [-0.05, 0) is 48.0 Å². The van der Waals surface area contributed by atoms with Crippen LogP contribution in [0.2, 0.25) is 0 Å². The minimum atomic E-state index is -4.61. The van der Waals surface area contributed by atoms with Crippen molar-refractivity contribution >= 4 is 24.4 Å². The first-order chi connectivity index (χ1) is 18.2. The molecule has 190 valence electrons. The summed E-state index contributed by atoms with van der Waals surface area (Å²) in [5.74, 6) is -0.816. The highest BCUT2D eigenvalue weighted by atomic mass is 32.1. The van der Waals surface area contributed by atoms with Crippen LogP contribution in [0.4, 0.5) is 19.1 Å². The van der Waals surface area contributed by atoms with E-state index in [9.17, 15) is 23.1 Å². The van der Waals surface area contributed by atoms with Crippen molar-refractivity contribution in [2.45, 2.75) is 11.1 Å². The zero-order chi connectivity index (χ0) is 26.9. The van der Waals surface area contributed by atoms with E-state index in [1.807, 2.05) is 30.3 Å². The lowest BCUT2D eigenvalue weighted by atomic mass is 9.97. The number of halogens is 3. The number of benzene rings is 4. The lowest BCUT2D eigenvalue weighted by Gasteiger charge is -2.13. The summed E-state index contributed by atoms with van der Waals surface area (Å²) in [6.45, 7) is 0. The van der Waals surface area contributed by atoms with Crippen molar-refractivity contribution in [1.29, 1.82) is 0 Å². The van der Waals surface area contributed by atoms with Crippen LogP contribution in [0.1, 0.15) is 15.9 Å². The highest BCUT2D eigenvalue weighted by Crippen LogP contribution is 2.38. The number of amides is 1. The van der Waals surface area contributed by atoms with E-state index in [0.717, 1.165) is 17.0 Å². The number of carbonyl (C=O) groups is 1. The number of hydrogen-bond donors (Lipinski definition) is 3. The minimum Gasteiger partial charge on any atom is -0.507 e. The van der Waals surface area contributed by atoms with Crippen LogP contribution in [0, 0.1) is 0 Å².